The average molecular weight is 243 g/mol. The summed E-state index contributed by atoms with van der Waals surface area (Å²) in [5, 5.41) is 3.31. The molecular formula is C10H17N3O2S. The lowest BCUT2D eigenvalue weighted by Gasteiger charge is -2.31. The van der Waals surface area contributed by atoms with Crippen LogP contribution in [0.3, 0.4) is 0 Å². The van der Waals surface area contributed by atoms with Crippen LogP contribution in [0, 0.1) is 17.3 Å². The van der Waals surface area contributed by atoms with Gasteiger partial charge in [0.25, 0.3) is 0 Å². The topological polar surface area (TPSA) is 82.9 Å². The Balaban J connectivity index is 2.46. The predicted octanol–water partition coefficient (Wildman–Crippen LogP) is 2.14. The second-order valence-electron chi connectivity index (χ2n) is 5.87. The van der Waals surface area contributed by atoms with E-state index in [1.54, 1.807) is 6.92 Å². The maximum Gasteiger partial charge on any atom is 0.151 e. The van der Waals surface area contributed by atoms with E-state index in [1.165, 1.54) is 6.26 Å². The number of nitrogens with zero attached hydrogens (tertiary/aromatic N) is 3. The molecule has 0 heterocycles. The Morgan fingerprint density at radius 3 is 2.38 bits per heavy atom. The fourth-order valence-electron chi connectivity index (χ4n) is 3.85. The van der Waals surface area contributed by atoms with Crippen molar-refractivity contribution in [1.82, 2.24) is 0 Å². The Morgan fingerprint density at radius 1 is 1.38 bits per heavy atom. The van der Waals surface area contributed by atoms with Crippen molar-refractivity contribution in [3.8, 4) is 0 Å². The van der Waals surface area contributed by atoms with Crippen LogP contribution >= 0.6 is 0 Å². The molecule has 0 amide bonds. The Bertz CT molecular complexity index is 478. The van der Waals surface area contributed by atoms with Gasteiger partial charge in [-0.2, -0.15) is 0 Å². The van der Waals surface area contributed by atoms with Crippen molar-refractivity contribution in [2.24, 2.45) is 22.4 Å². The number of hydrogen-bond donors (Lipinski definition) is 0. The molecule has 5 nitrogen and oxygen atoms in total. The van der Waals surface area contributed by atoms with Crippen LogP contribution < -0.4 is 0 Å². The second-order valence-corrected chi connectivity index (χ2v) is 8.10. The predicted molar refractivity (Wildman–Crippen MR) is 61.6 cm³/mol. The van der Waals surface area contributed by atoms with E-state index in [9.17, 15) is 8.42 Å². The van der Waals surface area contributed by atoms with E-state index in [0.717, 1.165) is 0 Å². The third-order valence-corrected chi connectivity index (χ3v) is 6.28. The molecule has 0 saturated heterocycles. The fraction of sp³-hybridized carbons (Fsp3) is 1.00. The first-order chi connectivity index (χ1) is 7.15. The lowest BCUT2D eigenvalue weighted by Crippen LogP contribution is -2.43. The van der Waals surface area contributed by atoms with Crippen molar-refractivity contribution in [2.75, 3.05) is 6.26 Å². The minimum atomic E-state index is -3.15. The SMILES string of the molecule is CC1(C)C2CC(S(C)(=O)=O)C(C)(N=[N+]=[N-])C21. The molecule has 2 rings (SSSR count). The van der Waals surface area contributed by atoms with Crippen molar-refractivity contribution in [1.29, 1.82) is 0 Å². The van der Waals surface area contributed by atoms with Crippen LogP contribution in [-0.4, -0.2) is 25.5 Å². The smallest absolute Gasteiger partial charge is 0.151 e. The largest absolute Gasteiger partial charge is 0.229 e. The monoisotopic (exact) mass is 243 g/mol. The van der Waals surface area contributed by atoms with Gasteiger partial charge in [-0.05, 0) is 29.2 Å². The van der Waals surface area contributed by atoms with E-state index in [-0.39, 0.29) is 11.3 Å². The van der Waals surface area contributed by atoms with Crippen molar-refractivity contribution >= 4 is 9.84 Å². The van der Waals surface area contributed by atoms with Gasteiger partial charge < -0.3 is 0 Å². The number of hydrogen-bond acceptors (Lipinski definition) is 3. The van der Waals surface area contributed by atoms with Crippen LogP contribution in [-0.2, 0) is 9.84 Å². The molecule has 0 N–H and O–H groups in total. The Labute approximate surface area is 95.8 Å². The molecule has 4 unspecified atom stereocenters. The summed E-state index contributed by atoms with van der Waals surface area (Å²) in [5.41, 5.74) is 7.99. The molecule has 2 fully saturated rings. The molecule has 0 bridgehead atoms. The van der Waals surface area contributed by atoms with E-state index < -0.39 is 20.6 Å². The quantitative estimate of drug-likeness (QED) is 0.423. The average Bonchev–Trinajstić information content (AvgIpc) is 2.47. The Morgan fingerprint density at radius 2 is 1.94 bits per heavy atom. The normalized spacial score (nSPS) is 44.6. The van der Waals surface area contributed by atoms with Crippen molar-refractivity contribution in [3.63, 3.8) is 0 Å². The highest BCUT2D eigenvalue weighted by atomic mass is 32.2. The highest BCUT2D eigenvalue weighted by Gasteiger charge is 2.73. The molecule has 2 aliphatic carbocycles. The molecule has 2 saturated carbocycles. The Kier molecular flexibility index (Phi) is 2.15. The molecule has 6 heteroatoms. The molecule has 0 aromatic carbocycles. The second kappa shape index (κ2) is 2.93. The number of sulfone groups is 1. The van der Waals surface area contributed by atoms with Gasteiger partial charge in [-0.1, -0.05) is 25.9 Å². The van der Waals surface area contributed by atoms with Gasteiger partial charge >= 0.3 is 0 Å². The summed E-state index contributed by atoms with van der Waals surface area (Å²) < 4.78 is 23.4. The van der Waals surface area contributed by atoms with E-state index >= 15 is 0 Å². The maximum absolute atomic E-state index is 11.7. The third kappa shape index (κ3) is 1.29. The van der Waals surface area contributed by atoms with Gasteiger partial charge in [0.15, 0.2) is 9.84 Å². The van der Waals surface area contributed by atoms with Crippen LogP contribution in [0.2, 0.25) is 0 Å². The summed E-state index contributed by atoms with van der Waals surface area (Å²) in [6, 6.07) is 0. The van der Waals surface area contributed by atoms with Crippen LogP contribution in [0.5, 0.6) is 0 Å². The van der Waals surface area contributed by atoms with E-state index in [1.807, 2.05) is 0 Å². The summed E-state index contributed by atoms with van der Waals surface area (Å²) in [4.78, 5) is 2.86. The first kappa shape index (κ1) is 11.7. The highest BCUT2D eigenvalue weighted by molar-refractivity contribution is 7.91. The van der Waals surface area contributed by atoms with Gasteiger partial charge in [-0.3, -0.25) is 0 Å². The van der Waals surface area contributed by atoms with Crippen LogP contribution in [0.1, 0.15) is 27.2 Å². The summed E-state index contributed by atoms with van der Waals surface area (Å²) in [7, 11) is -3.15. The Hall–Kier alpha value is -0.740. The fourth-order valence-corrected chi connectivity index (χ4v) is 5.46. The number of azide groups is 1. The van der Waals surface area contributed by atoms with Crippen molar-refractivity contribution in [3.05, 3.63) is 10.4 Å². The van der Waals surface area contributed by atoms with Gasteiger partial charge in [0.05, 0.1) is 10.8 Å². The summed E-state index contributed by atoms with van der Waals surface area (Å²) >= 11 is 0. The first-order valence-corrected chi connectivity index (χ1v) is 7.36. The van der Waals surface area contributed by atoms with Gasteiger partial charge in [0, 0.05) is 11.2 Å². The highest BCUT2D eigenvalue weighted by Crippen LogP contribution is 2.72. The number of rotatable bonds is 2. The molecule has 0 aromatic heterocycles. The molecule has 4 atom stereocenters. The third-order valence-electron chi connectivity index (χ3n) is 4.58. The number of fused-ring (bicyclic) bond motifs is 1. The van der Waals surface area contributed by atoms with Crippen LogP contribution in [0.4, 0.5) is 0 Å². The molecule has 0 spiro atoms. The van der Waals surface area contributed by atoms with Crippen molar-refractivity contribution < 1.29 is 8.42 Å². The molecule has 16 heavy (non-hydrogen) atoms. The summed E-state index contributed by atoms with van der Waals surface area (Å²) in [6.07, 6.45) is 1.87. The zero-order chi connectivity index (χ0) is 12.4. The minimum Gasteiger partial charge on any atom is -0.229 e. The van der Waals surface area contributed by atoms with Gasteiger partial charge in [-0.15, -0.1) is 0 Å². The molecule has 2 aliphatic rings. The molecular weight excluding hydrogens is 226 g/mol. The summed E-state index contributed by atoms with van der Waals surface area (Å²) in [5.74, 6) is 0.582. The van der Waals surface area contributed by atoms with E-state index in [2.05, 4.69) is 23.9 Å². The lowest BCUT2D eigenvalue weighted by atomic mass is 9.88. The summed E-state index contributed by atoms with van der Waals surface area (Å²) in [6.45, 7) is 6.02. The first-order valence-electron chi connectivity index (χ1n) is 5.41. The van der Waals surface area contributed by atoms with Gasteiger partial charge in [0.1, 0.15) is 0 Å². The van der Waals surface area contributed by atoms with E-state index in [0.29, 0.717) is 12.3 Å². The molecule has 0 aromatic rings. The maximum atomic E-state index is 11.7. The zero-order valence-corrected chi connectivity index (χ0v) is 10.8. The minimum absolute atomic E-state index is 0.115. The van der Waals surface area contributed by atoms with Crippen molar-refractivity contribution in [2.45, 2.75) is 38.0 Å². The van der Waals surface area contributed by atoms with E-state index in [4.69, 9.17) is 5.53 Å². The zero-order valence-electron chi connectivity index (χ0n) is 10.0. The van der Waals surface area contributed by atoms with Crippen LogP contribution in [0.25, 0.3) is 10.4 Å². The van der Waals surface area contributed by atoms with Gasteiger partial charge in [0.2, 0.25) is 0 Å². The lowest BCUT2D eigenvalue weighted by molar-refractivity contribution is 0.334. The molecule has 0 radical (unpaired) electrons. The molecule has 0 aliphatic heterocycles. The standard InChI is InChI=1S/C10H17N3O2S/c1-9(2)6-5-7(16(4,14)15)10(3,8(6)9)12-13-11/h6-8H,5H2,1-4H3. The van der Waals surface area contributed by atoms with Crippen LogP contribution in [0.15, 0.2) is 5.11 Å². The van der Waals surface area contributed by atoms with Gasteiger partial charge in [-0.25, -0.2) is 8.42 Å². The molecule has 90 valence electrons.